The molecule has 0 fully saturated rings. The Hall–Kier alpha value is -0.860. The van der Waals surface area contributed by atoms with Crippen LogP contribution < -0.4 is 5.32 Å². The SMILES string of the molecule is CCC(CC)CC(CC)(CNCCOC)c1ccccc1. The molecule has 0 amide bonds. The highest BCUT2D eigenvalue weighted by Gasteiger charge is 2.31. The minimum atomic E-state index is 0.242. The van der Waals surface area contributed by atoms with Crippen molar-refractivity contribution >= 4 is 0 Å². The second-order valence-electron chi connectivity index (χ2n) is 6.06. The quantitative estimate of drug-likeness (QED) is 0.610. The molecule has 0 aliphatic heterocycles. The average Bonchev–Trinajstić information content (AvgIpc) is 2.55. The number of methoxy groups -OCH3 is 1. The van der Waals surface area contributed by atoms with Gasteiger partial charge < -0.3 is 10.1 Å². The van der Waals surface area contributed by atoms with Crippen LogP contribution in [0.15, 0.2) is 30.3 Å². The van der Waals surface area contributed by atoms with E-state index in [0.717, 1.165) is 25.6 Å². The predicted molar refractivity (Wildman–Crippen MR) is 91.8 cm³/mol. The Bertz CT molecular complexity index is 361. The molecule has 1 aromatic rings. The zero-order valence-corrected chi connectivity index (χ0v) is 14.3. The van der Waals surface area contributed by atoms with Crippen molar-refractivity contribution in [2.45, 2.75) is 51.9 Å². The van der Waals surface area contributed by atoms with Crippen LogP contribution in [0.3, 0.4) is 0 Å². The van der Waals surface area contributed by atoms with Crippen LogP contribution in [0.25, 0.3) is 0 Å². The lowest BCUT2D eigenvalue weighted by molar-refractivity contribution is 0.193. The van der Waals surface area contributed by atoms with E-state index < -0.39 is 0 Å². The highest BCUT2D eigenvalue weighted by Crippen LogP contribution is 2.36. The van der Waals surface area contributed by atoms with E-state index in [1.807, 2.05) is 0 Å². The van der Waals surface area contributed by atoms with Gasteiger partial charge in [0.1, 0.15) is 0 Å². The molecule has 0 bridgehead atoms. The van der Waals surface area contributed by atoms with E-state index >= 15 is 0 Å². The van der Waals surface area contributed by atoms with E-state index in [1.54, 1.807) is 7.11 Å². The molecule has 0 aromatic heterocycles. The van der Waals surface area contributed by atoms with Gasteiger partial charge in [0.15, 0.2) is 0 Å². The smallest absolute Gasteiger partial charge is 0.0587 e. The van der Waals surface area contributed by atoms with Crippen LogP contribution in [-0.2, 0) is 10.2 Å². The van der Waals surface area contributed by atoms with Gasteiger partial charge >= 0.3 is 0 Å². The lowest BCUT2D eigenvalue weighted by atomic mass is 9.70. The second kappa shape index (κ2) is 9.97. The first-order chi connectivity index (χ1) is 10.2. The standard InChI is InChI=1S/C19H33NO/c1-5-17(6-2)15-19(7-3,16-20-13-14-21-4)18-11-9-8-10-12-18/h8-12,17,20H,5-7,13-16H2,1-4H3. The van der Waals surface area contributed by atoms with Gasteiger partial charge in [-0.2, -0.15) is 0 Å². The third-order valence-electron chi connectivity index (χ3n) is 4.84. The molecule has 1 atom stereocenters. The van der Waals surface area contributed by atoms with Crippen molar-refractivity contribution in [2.75, 3.05) is 26.8 Å². The van der Waals surface area contributed by atoms with E-state index in [4.69, 9.17) is 4.74 Å². The summed E-state index contributed by atoms with van der Waals surface area (Å²) in [6, 6.07) is 11.0. The maximum absolute atomic E-state index is 5.16. The van der Waals surface area contributed by atoms with Crippen molar-refractivity contribution in [1.82, 2.24) is 5.32 Å². The first-order valence-corrected chi connectivity index (χ1v) is 8.47. The molecule has 21 heavy (non-hydrogen) atoms. The van der Waals surface area contributed by atoms with E-state index in [1.165, 1.54) is 31.2 Å². The second-order valence-corrected chi connectivity index (χ2v) is 6.06. The summed E-state index contributed by atoms with van der Waals surface area (Å²) in [4.78, 5) is 0. The van der Waals surface area contributed by atoms with Crippen LogP contribution in [0.5, 0.6) is 0 Å². The average molecular weight is 291 g/mol. The van der Waals surface area contributed by atoms with Gasteiger partial charge in [0.25, 0.3) is 0 Å². The molecule has 0 aliphatic rings. The normalized spacial score (nSPS) is 14.3. The van der Waals surface area contributed by atoms with E-state index in [-0.39, 0.29) is 5.41 Å². The molecule has 0 saturated heterocycles. The number of benzene rings is 1. The van der Waals surface area contributed by atoms with Gasteiger partial charge in [-0.25, -0.2) is 0 Å². The largest absolute Gasteiger partial charge is 0.383 e. The lowest BCUT2D eigenvalue weighted by Crippen LogP contribution is -2.40. The predicted octanol–water partition coefficient (Wildman–Crippen LogP) is 4.40. The molecular weight excluding hydrogens is 258 g/mol. The molecule has 0 saturated carbocycles. The third-order valence-corrected chi connectivity index (χ3v) is 4.84. The Morgan fingerprint density at radius 1 is 1.10 bits per heavy atom. The number of nitrogens with one attached hydrogen (secondary N) is 1. The summed E-state index contributed by atoms with van der Waals surface area (Å²) in [5.41, 5.74) is 1.72. The highest BCUT2D eigenvalue weighted by molar-refractivity contribution is 5.26. The molecule has 0 spiro atoms. The van der Waals surface area contributed by atoms with Gasteiger partial charge in [-0.15, -0.1) is 0 Å². The number of rotatable bonds is 11. The Morgan fingerprint density at radius 3 is 2.29 bits per heavy atom. The van der Waals surface area contributed by atoms with E-state index in [0.29, 0.717) is 0 Å². The van der Waals surface area contributed by atoms with E-state index in [2.05, 4.69) is 56.4 Å². The fourth-order valence-electron chi connectivity index (χ4n) is 3.19. The van der Waals surface area contributed by atoms with Crippen molar-refractivity contribution in [3.05, 3.63) is 35.9 Å². The van der Waals surface area contributed by atoms with E-state index in [9.17, 15) is 0 Å². The van der Waals surface area contributed by atoms with Gasteiger partial charge in [0.05, 0.1) is 6.61 Å². The molecule has 2 heteroatoms. The van der Waals surface area contributed by atoms with Crippen LogP contribution in [0.1, 0.15) is 52.0 Å². The van der Waals surface area contributed by atoms with Gasteiger partial charge in [-0.1, -0.05) is 63.9 Å². The fourth-order valence-corrected chi connectivity index (χ4v) is 3.19. The molecule has 0 radical (unpaired) electrons. The Kier molecular flexibility index (Phi) is 8.63. The molecule has 1 N–H and O–H groups in total. The third kappa shape index (κ3) is 5.44. The summed E-state index contributed by atoms with van der Waals surface area (Å²) in [6.45, 7) is 9.70. The van der Waals surface area contributed by atoms with Crippen molar-refractivity contribution in [3.63, 3.8) is 0 Å². The molecule has 2 nitrogen and oxygen atoms in total. The number of hydrogen-bond donors (Lipinski definition) is 1. The van der Waals surface area contributed by atoms with Crippen molar-refractivity contribution in [3.8, 4) is 0 Å². The van der Waals surface area contributed by atoms with Crippen molar-refractivity contribution in [1.29, 1.82) is 0 Å². The minimum Gasteiger partial charge on any atom is -0.383 e. The maximum atomic E-state index is 5.16. The Balaban J connectivity index is 2.89. The van der Waals surface area contributed by atoms with Gasteiger partial charge in [0.2, 0.25) is 0 Å². The van der Waals surface area contributed by atoms with Crippen molar-refractivity contribution in [2.24, 2.45) is 5.92 Å². The van der Waals surface area contributed by atoms with Crippen LogP contribution in [0.4, 0.5) is 0 Å². The molecule has 120 valence electrons. The van der Waals surface area contributed by atoms with Crippen LogP contribution in [0, 0.1) is 5.92 Å². The van der Waals surface area contributed by atoms with Gasteiger partial charge in [-0.05, 0) is 24.3 Å². The molecule has 1 rings (SSSR count). The van der Waals surface area contributed by atoms with Gasteiger partial charge in [-0.3, -0.25) is 0 Å². The first kappa shape index (κ1) is 18.2. The molecule has 0 aliphatic carbocycles. The Morgan fingerprint density at radius 2 is 1.76 bits per heavy atom. The molecule has 0 heterocycles. The van der Waals surface area contributed by atoms with Crippen LogP contribution in [0.2, 0.25) is 0 Å². The van der Waals surface area contributed by atoms with Crippen LogP contribution >= 0.6 is 0 Å². The monoisotopic (exact) mass is 291 g/mol. The Labute approximate surface area is 131 Å². The van der Waals surface area contributed by atoms with Crippen LogP contribution in [-0.4, -0.2) is 26.8 Å². The molecule has 1 unspecified atom stereocenters. The topological polar surface area (TPSA) is 21.3 Å². The summed E-state index contributed by atoms with van der Waals surface area (Å²) in [6.07, 6.45) is 4.97. The zero-order valence-electron chi connectivity index (χ0n) is 14.3. The molecule has 1 aromatic carbocycles. The van der Waals surface area contributed by atoms with Gasteiger partial charge in [0, 0.05) is 25.6 Å². The lowest BCUT2D eigenvalue weighted by Gasteiger charge is -2.37. The zero-order chi connectivity index (χ0) is 15.6. The molecular formula is C19H33NO. The summed E-state index contributed by atoms with van der Waals surface area (Å²) in [5.74, 6) is 0.800. The maximum Gasteiger partial charge on any atom is 0.0587 e. The summed E-state index contributed by atoms with van der Waals surface area (Å²) >= 11 is 0. The minimum absolute atomic E-state index is 0.242. The summed E-state index contributed by atoms with van der Waals surface area (Å²) < 4.78 is 5.16. The fraction of sp³-hybridized carbons (Fsp3) is 0.684. The first-order valence-electron chi connectivity index (χ1n) is 8.47. The summed E-state index contributed by atoms with van der Waals surface area (Å²) in [5, 5.41) is 3.61. The number of ether oxygens (including phenoxy) is 1. The van der Waals surface area contributed by atoms with Crippen molar-refractivity contribution < 1.29 is 4.74 Å². The highest BCUT2D eigenvalue weighted by atomic mass is 16.5. The summed E-state index contributed by atoms with van der Waals surface area (Å²) in [7, 11) is 1.76. The number of hydrogen-bond acceptors (Lipinski definition) is 2.